The van der Waals surface area contributed by atoms with Gasteiger partial charge in [0.1, 0.15) is 6.04 Å². The number of hydrogen-bond acceptors (Lipinski definition) is 5. The first-order valence-corrected chi connectivity index (χ1v) is 8.34. The van der Waals surface area contributed by atoms with E-state index in [2.05, 4.69) is 16.4 Å². The summed E-state index contributed by atoms with van der Waals surface area (Å²) in [6, 6.07) is 17.0. The van der Waals surface area contributed by atoms with Gasteiger partial charge in [0.15, 0.2) is 0 Å². The molecule has 27 heavy (non-hydrogen) atoms. The predicted molar refractivity (Wildman–Crippen MR) is 99.9 cm³/mol. The molecular weight excluding hydrogens is 342 g/mol. The molecule has 134 valence electrons. The van der Waals surface area contributed by atoms with Gasteiger partial charge < -0.3 is 10.1 Å². The summed E-state index contributed by atoms with van der Waals surface area (Å²) in [6.45, 7) is 0. The standard InChI is InChI=1S/C21H17N3O3/c1-27-21(26)19(12-14-5-4-6-15(11-14)13-22)24-20(25)17-9-10-23-18-8-3-2-7-16(17)18/h2-11,19H,12H2,1H3,(H,24,25)/t19-/m1/s1. The van der Waals surface area contributed by atoms with Crippen LogP contribution in [0, 0.1) is 11.3 Å². The van der Waals surface area contributed by atoms with Crippen LogP contribution in [0.25, 0.3) is 10.9 Å². The SMILES string of the molecule is COC(=O)[C@@H](Cc1cccc(C#N)c1)NC(=O)c1ccnc2ccccc12. The number of pyridine rings is 1. The van der Waals surface area contributed by atoms with Gasteiger partial charge in [-0.2, -0.15) is 5.26 Å². The van der Waals surface area contributed by atoms with Crippen LogP contribution in [0.2, 0.25) is 0 Å². The van der Waals surface area contributed by atoms with E-state index in [4.69, 9.17) is 10.00 Å². The van der Waals surface area contributed by atoms with Crippen molar-refractivity contribution >= 4 is 22.8 Å². The minimum atomic E-state index is -0.872. The third kappa shape index (κ3) is 4.10. The van der Waals surface area contributed by atoms with Crippen LogP contribution in [0.3, 0.4) is 0 Å². The molecule has 2 aromatic carbocycles. The number of carbonyl (C=O) groups excluding carboxylic acids is 2. The lowest BCUT2D eigenvalue weighted by molar-refractivity contribution is -0.142. The van der Waals surface area contributed by atoms with Gasteiger partial charge in [-0.3, -0.25) is 9.78 Å². The van der Waals surface area contributed by atoms with Crippen molar-refractivity contribution in [2.45, 2.75) is 12.5 Å². The Balaban J connectivity index is 1.86. The number of amides is 1. The first-order chi connectivity index (χ1) is 13.1. The van der Waals surface area contributed by atoms with E-state index in [0.717, 1.165) is 5.56 Å². The lowest BCUT2D eigenvalue weighted by Crippen LogP contribution is -2.43. The number of nitriles is 1. The summed E-state index contributed by atoms with van der Waals surface area (Å²) >= 11 is 0. The van der Waals surface area contributed by atoms with Crippen molar-refractivity contribution < 1.29 is 14.3 Å². The average Bonchev–Trinajstić information content (AvgIpc) is 2.72. The van der Waals surface area contributed by atoms with E-state index in [1.807, 2.05) is 18.2 Å². The van der Waals surface area contributed by atoms with Crippen LogP contribution in [-0.2, 0) is 16.0 Å². The Hall–Kier alpha value is -3.72. The third-order valence-corrected chi connectivity index (χ3v) is 4.18. The second-order valence-corrected chi connectivity index (χ2v) is 5.94. The third-order valence-electron chi connectivity index (χ3n) is 4.18. The van der Waals surface area contributed by atoms with Crippen molar-refractivity contribution in [1.82, 2.24) is 10.3 Å². The highest BCUT2D eigenvalue weighted by Crippen LogP contribution is 2.17. The molecular formula is C21H17N3O3. The molecule has 0 aliphatic carbocycles. The number of aromatic nitrogens is 1. The second-order valence-electron chi connectivity index (χ2n) is 5.94. The second kappa shape index (κ2) is 8.11. The number of carbonyl (C=O) groups is 2. The average molecular weight is 359 g/mol. The van der Waals surface area contributed by atoms with Crippen LogP contribution in [0.15, 0.2) is 60.8 Å². The summed E-state index contributed by atoms with van der Waals surface area (Å²) in [7, 11) is 1.27. The number of para-hydroxylation sites is 1. The fourth-order valence-electron chi connectivity index (χ4n) is 2.87. The Morgan fingerprint density at radius 1 is 1.19 bits per heavy atom. The Kier molecular flexibility index (Phi) is 5.43. The molecule has 6 nitrogen and oxygen atoms in total. The molecule has 0 spiro atoms. The minimum absolute atomic E-state index is 0.219. The molecule has 1 atom stereocenters. The molecule has 0 saturated heterocycles. The zero-order valence-corrected chi connectivity index (χ0v) is 14.7. The number of nitrogens with zero attached hydrogens (tertiary/aromatic N) is 2. The van der Waals surface area contributed by atoms with Crippen LogP contribution < -0.4 is 5.32 Å². The van der Waals surface area contributed by atoms with Crippen molar-refractivity contribution in [1.29, 1.82) is 5.26 Å². The maximum Gasteiger partial charge on any atom is 0.328 e. The number of benzene rings is 2. The highest BCUT2D eigenvalue weighted by atomic mass is 16.5. The van der Waals surface area contributed by atoms with E-state index in [0.29, 0.717) is 22.0 Å². The van der Waals surface area contributed by atoms with Gasteiger partial charge in [0.05, 0.1) is 29.8 Å². The first kappa shape index (κ1) is 18.1. The molecule has 0 saturated carbocycles. The summed E-state index contributed by atoms with van der Waals surface area (Å²) in [4.78, 5) is 29.2. The number of ether oxygens (including phenoxy) is 1. The first-order valence-electron chi connectivity index (χ1n) is 8.34. The number of nitrogens with one attached hydrogen (secondary N) is 1. The van der Waals surface area contributed by atoms with Gasteiger partial charge >= 0.3 is 5.97 Å². The number of fused-ring (bicyclic) bond motifs is 1. The quantitative estimate of drug-likeness (QED) is 0.707. The molecule has 1 aromatic heterocycles. The Bertz CT molecular complexity index is 1030. The van der Waals surface area contributed by atoms with Crippen molar-refractivity contribution in [3.8, 4) is 6.07 Å². The largest absolute Gasteiger partial charge is 0.467 e. The Morgan fingerprint density at radius 2 is 2.00 bits per heavy atom. The molecule has 0 fully saturated rings. The molecule has 0 bridgehead atoms. The monoisotopic (exact) mass is 359 g/mol. The normalized spacial score (nSPS) is 11.4. The van der Waals surface area contributed by atoms with Gasteiger partial charge in [-0.25, -0.2) is 4.79 Å². The van der Waals surface area contributed by atoms with Gasteiger partial charge in [-0.1, -0.05) is 30.3 Å². The van der Waals surface area contributed by atoms with Crippen LogP contribution in [0.5, 0.6) is 0 Å². The van der Waals surface area contributed by atoms with Gasteiger partial charge in [0, 0.05) is 18.0 Å². The fourth-order valence-corrected chi connectivity index (χ4v) is 2.87. The molecule has 3 rings (SSSR count). The molecule has 1 amide bonds. The van der Waals surface area contributed by atoms with Gasteiger partial charge in [-0.15, -0.1) is 0 Å². The van der Waals surface area contributed by atoms with Crippen molar-refractivity contribution in [3.05, 3.63) is 77.5 Å². The number of methoxy groups -OCH3 is 1. The molecule has 6 heteroatoms. The summed E-state index contributed by atoms with van der Waals surface area (Å²) in [5, 5.41) is 12.5. The Morgan fingerprint density at radius 3 is 2.78 bits per heavy atom. The molecule has 3 aromatic rings. The van der Waals surface area contributed by atoms with E-state index in [9.17, 15) is 9.59 Å². The number of esters is 1. The predicted octanol–water partition coefficient (Wildman–Crippen LogP) is 2.62. The summed E-state index contributed by atoms with van der Waals surface area (Å²) in [5.41, 5.74) is 2.37. The van der Waals surface area contributed by atoms with Crippen LogP contribution in [0.4, 0.5) is 0 Å². The summed E-state index contributed by atoms with van der Waals surface area (Å²) in [5.74, 6) is -0.940. The number of rotatable bonds is 5. The summed E-state index contributed by atoms with van der Waals surface area (Å²) < 4.78 is 4.83. The Labute approximate surface area is 156 Å². The molecule has 1 heterocycles. The molecule has 1 N–H and O–H groups in total. The molecule has 0 unspecified atom stereocenters. The number of hydrogen-bond donors (Lipinski definition) is 1. The van der Waals surface area contributed by atoms with Gasteiger partial charge in [0.25, 0.3) is 5.91 Å². The fraction of sp³-hybridized carbons (Fsp3) is 0.143. The molecule has 0 radical (unpaired) electrons. The zero-order valence-electron chi connectivity index (χ0n) is 14.7. The van der Waals surface area contributed by atoms with Crippen LogP contribution in [0.1, 0.15) is 21.5 Å². The van der Waals surface area contributed by atoms with E-state index >= 15 is 0 Å². The maximum absolute atomic E-state index is 12.8. The molecule has 0 aliphatic heterocycles. The summed E-state index contributed by atoms with van der Waals surface area (Å²) in [6.07, 6.45) is 1.78. The van der Waals surface area contributed by atoms with Crippen LogP contribution in [-0.4, -0.2) is 30.0 Å². The molecule has 0 aliphatic rings. The topological polar surface area (TPSA) is 92.1 Å². The van der Waals surface area contributed by atoms with Gasteiger partial charge in [0.2, 0.25) is 0 Å². The highest BCUT2D eigenvalue weighted by Gasteiger charge is 2.23. The van der Waals surface area contributed by atoms with Crippen molar-refractivity contribution in [3.63, 3.8) is 0 Å². The van der Waals surface area contributed by atoms with Crippen molar-refractivity contribution in [2.24, 2.45) is 0 Å². The zero-order chi connectivity index (χ0) is 19.2. The van der Waals surface area contributed by atoms with E-state index < -0.39 is 12.0 Å². The van der Waals surface area contributed by atoms with E-state index in [-0.39, 0.29) is 12.3 Å². The minimum Gasteiger partial charge on any atom is -0.467 e. The van der Waals surface area contributed by atoms with Gasteiger partial charge in [-0.05, 0) is 29.8 Å². The highest BCUT2D eigenvalue weighted by molar-refractivity contribution is 6.07. The van der Waals surface area contributed by atoms with E-state index in [1.165, 1.54) is 7.11 Å². The van der Waals surface area contributed by atoms with Crippen molar-refractivity contribution in [2.75, 3.05) is 7.11 Å². The lowest BCUT2D eigenvalue weighted by atomic mass is 10.0. The smallest absolute Gasteiger partial charge is 0.328 e. The lowest BCUT2D eigenvalue weighted by Gasteiger charge is -2.17. The van der Waals surface area contributed by atoms with Crippen LogP contribution >= 0.6 is 0 Å². The maximum atomic E-state index is 12.8. The van der Waals surface area contributed by atoms with E-state index in [1.54, 1.807) is 42.6 Å².